The molecule has 0 bridgehead atoms. The summed E-state index contributed by atoms with van der Waals surface area (Å²) in [5.74, 6) is -0.191. The van der Waals surface area contributed by atoms with Crippen molar-refractivity contribution in [1.82, 2.24) is 0 Å². The standard InChI is InChI=1S/C8H4Cl4O2S/c9-4-2-1-3(15-4)5(13)6-7(14-6)8(10,11)12/h1-2,6-7H. The second-order valence-electron chi connectivity index (χ2n) is 2.99. The lowest BCUT2D eigenvalue weighted by Crippen LogP contribution is -2.19. The summed E-state index contributed by atoms with van der Waals surface area (Å²) in [6.45, 7) is 0. The summed E-state index contributed by atoms with van der Waals surface area (Å²) in [4.78, 5) is 12.2. The summed E-state index contributed by atoms with van der Waals surface area (Å²) < 4.78 is 4.02. The minimum atomic E-state index is -1.55. The highest BCUT2D eigenvalue weighted by Crippen LogP contribution is 2.45. The van der Waals surface area contributed by atoms with Crippen molar-refractivity contribution < 1.29 is 9.53 Å². The van der Waals surface area contributed by atoms with Gasteiger partial charge in [-0.3, -0.25) is 4.79 Å². The van der Waals surface area contributed by atoms with Gasteiger partial charge in [-0.25, -0.2) is 0 Å². The lowest BCUT2D eigenvalue weighted by Gasteiger charge is -2.04. The van der Waals surface area contributed by atoms with Crippen LogP contribution in [0.2, 0.25) is 4.34 Å². The van der Waals surface area contributed by atoms with Crippen LogP contribution in [0.25, 0.3) is 0 Å². The number of Topliss-reactive ketones (excluding diaryl/α,β-unsaturated/α-hetero) is 1. The van der Waals surface area contributed by atoms with Crippen LogP contribution in [0.5, 0.6) is 0 Å². The van der Waals surface area contributed by atoms with Gasteiger partial charge in [0.2, 0.25) is 9.58 Å². The molecule has 0 aromatic carbocycles. The molecule has 1 aromatic heterocycles. The van der Waals surface area contributed by atoms with E-state index in [-0.39, 0.29) is 5.78 Å². The SMILES string of the molecule is O=C(c1ccc(Cl)s1)C1OC1C(Cl)(Cl)Cl. The molecule has 0 amide bonds. The Bertz CT molecular complexity index is 398. The number of carbonyl (C=O) groups excluding carboxylic acids is 1. The molecule has 2 unspecified atom stereocenters. The number of epoxide rings is 1. The second kappa shape index (κ2) is 4.06. The third-order valence-electron chi connectivity index (χ3n) is 1.89. The minimum absolute atomic E-state index is 0.191. The van der Waals surface area contributed by atoms with E-state index < -0.39 is 16.0 Å². The van der Waals surface area contributed by atoms with Gasteiger partial charge in [-0.15, -0.1) is 11.3 Å². The van der Waals surface area contributed by atoms with Crippen LogP contribution >= 0.6 is 57.7 Å². The number of ether oxygens (including phenoxy) is 1. The summed E-state index contributed by atoms with van der Waals surface area (Å²) in [6, 6.07) is 3.28. The van der Waals surface area contributed by atoms with Gasteiger partial charge in [-0.05, 0) is 12.1 Å². The van der Waals surface area contributed by atoms with Crippen molar-refractivity contribution in [2.45, 2.75) is 16.0 Å². The van der Waals surface area contributed by atoms with E-state index in [9.17, 15) is 4.79 Å². The van der Waals surface area contributed by atoms with Crippen molar-refractivity contribution in [2.24, 2.45) is 0 Å². The number of rotatable bonds is 2. The Morgan fingerprint density at radius 2 is 2.07 bits per heavy atom. The predicted octanol–water partition coefficient (Wildman–Crippen LogP) is 3.72. The van der Waals surface area contributed by atoms with Gasteiger partial charge in [0.25, 0.3) is 0 Å². The zero-order chi connectivity index (χ0) is 11.2. The molecule has 0 radical (unpaired) electrons. The van der Waals surface area contributed by atoms with Crippen LogP contribution in [-0.4, -0.2) is 21.8 Å². The van der Waals surface area contributed by atoms with E-state index in [0.29, 0.717) is 9.21 Å². The predicted molar refractivity (Wildman–Crippen MR) is 62.6 cm³/mol. The molecule has 82 valence electrons. The average molecular weight is 306 g/mol. The van der Waals surface area contributed by atoms with E-state index in [0.717, 1.165) is 0 Å². The molecule has 2 rings (SSSR count). The Hall–Kier alpha value is 0.490. The van der Waals surface area contributed by atoms with Crippen LogP contribution < -0.4 is 0 Å². The fourth-order valence-corrected chi connectivity index (χ4v) is 2.66. The maximum atomic E-state index is 11.7. The Morgan fingerprint density at radius 3 is 2.47 bits per heavy atom. The quantitative estimate of drug-likeness (QED) is 0.473. The van der Waals surface area contributed by atoms with E-state index in [4.69, 9.17) is 51.1 Å². The van der Waals surface area contributed by atoms with Gasteiger partial charge < -0.3 is 4.74 Å². The lowest BCUT2D eigenvalue weighted by molar-refractivity contribution is 0.0957. The Kier molecular flexibility index (Phi) is 3.24. The molecule has 2 nitrogen and oxygen atoms in total. The maximum absolute atomic E-state index is 11.7. The number of hydrogen-bond acceptors (Lipinski definition) is 3. The first-order chi connectivity index (χ1) is 6.89. The lowest BCUT2D eigenvalue weighted by atomic mass is 10.2. The fourth-order valence-electron chi connectivity index (χ4n) is 1.15. The molecule has 0 spiro atoms. The second-order valence-corrected chi connectivity index (χ2v) is 7.07. The Labute approximate surface area is 110 Å². The molecule has 15 heavy (non-hydrogen) atoms. The number of carbonyl (C=O) groups is 1. The molecule has 2 heterocycles. The van der Waals surface area contributed by atoms with Crippen LogP contribution in [0.15, 0.2) is 12.1 Å². The highest BCUT2D eigenvalue weighted by atomic mass is 35.6. The number of hydrogen-bond donors (Lipinski definition) is 0. The molecule has 1 aromatic rings. The van der Waals surface area contributed by atoms with E-state index in [2.05, 4.69) is 0 Å². The molecule has 1 aliphatic rings. The van der Waals surface area contributed by atoms with Crippen LogP contribution in [0, 0.1) is 0 Å². The van der Waals surface area contributed by atoms with Crippen molar-refractivity contribution in [3.05, 3.63) is 21.3 Å². The zero-order valence-corrected chi connectivity index (χ0v) is 10.9. The van der Waals surface area contributed by atoms with Crippen molar-refractivity contribution in [3.63, 3.8) is 0 Å². The summed E-state index contributed by atoms with van der Waals surface area (Å²) in [7, 11) is 0. The summed E-state index contributed by atoms with van der Waals surface area (Å²) in [6.07, 6.45) is -1.32. The monoisotopic (exact) mass is 304 g/mol. The minimum Gasteiger partial charge on any atom is -0.356 e. The van der Waals surface area contributed by atoms with Gasteiger partial charge in [0.15, 0.2) is 6.10 Å². The first kappa shape index (κ1) is 12.0. The normalized spacial score (nSPS) is 25.3. The first-order valence-electron chi connectivity index (χ1n) is 3.91. The number of ketones is 1. The molecular formula is C8H4Cl4O2S. The highest BCUT2D eigenvalue weighted by molar-refractivity contribution is 7.18. The maximum Gasteiger partial charge on any atom is 0.219 e. The smallest absolute Gasteiger partial charge is 0.219 e. The molecule has 1 saturated heterocycles. The first-order valence-corrected chi connectivity index (χ1v) is 6.24. The van der Waals surface area contributed by atoms with Gasteiger partial charge >= 0.3 is 0 Å². The molecular weight excluding hydrogens is 302 g/mol. The van der Waals surface area contributed by atoms with Crippen molar-refractivity contribution >= 4 is 63.5 Å². The molecule has 2 atom stereocenters. The summed E-state index contributed by atoms with van der Waals surface area (Å²) in [5, 5.41) is 0. The third-order valence-corrected chi connectivity index (χ3v) is 3.78. The topological polar surface area (TPSA) is 29.6 Å². The average Bonchev–Trinajstić information content (AvgIpc) is 2.82. The molecule has 0 aliphatic carbocycles. The van der Waals surface area contributed by atoms with Crippen molar-refractivity contribution in [3.8, 4) is 0 Å². The summed E-state index contributed by atoms with van der Waals surface area (Å²) in [5.41, 5.74) is 0. The molecule has 1 aliphatic heterocycles. The molecule has 1 fully saturated rings. The van der Waals surface area contributed by atoms with Crippen LogP contribution in [0.1, 0.15) is 9.67 Å². The number of halogens is 4. The van der Waals surface area contributed by atoms with Gasteiger partial charge in [0.1, 0.15) is 6.10 Å². The highest BCUT2D eigenvalue weighted by Gasteiger charge is 2.56. The zero-order valence-electron chi connectivity index (χ0n) is 7.05. The Morgan fingerprint density at radius 1 is 1.40 bits per heavy atom. The van der Waals surface area contributed by atoms with Gasteiger partial charge in [0, 0.05) is 0 Å². The van der Waals surface area contributed by atoms with Gasteiger partial charge in [-0.1, -0.05) is 46.4 Å². The summed E-state index contributed by atoms with van der Waals surface area (Å²) >= 11 is 23.7. The van der Waals surface area contributed by atoms with E-state index in [1.165, 1.54) is 11.3 Å². The van der Waals surface area contributed by atoms with Crippen molar-refractivity contribution in [2.75, 3.05) is 0 Å². The van der Waals surface area contributed by atoms with Gasteiger partial charge in [0.05, 0.1) is 9.21 Å². The van der Waals surface area contributed by atoms with Crippen LogP contribution in [-0.2, 0) is 4.74 Å². The van der Waals surface area contributed by atoms with Crippen molar-refractivity contribution in [1.29, 1.82) is 0 Å². The third kappa shape index (κ3) is 2.60. The van der Waals surface area contributed by atoms with Crippen LogP contribution in [0.3, 0.4) is 0 Å². The fraction of sp³-hybridized carbons (Fsp3) is 0.375. The molecule has 7 heteroatoms. The van der Waals surface area contributed by atoms with E-state index in [1.54, 1.807) is 12.1 Å². The van der Waals surface area contributed by atoms with Gasteiger partial charge in [-0.2, -0.15) is 0 Å². The number of alkyl halides is 3. The Balaban J connectivity index is 2.07. The molecule has 0 saturated carbocycles. The van der Waals surface area contributed by atoms with E-state index >= 15 is 0 Å². The van der Waals surface area contributed by atoms with E-state index in [1.807, 2.05) is 0 Å². The largest absolute Gasteiger partial charge is 0.356 e. The molecule has 0 N–H and O–H groups in total. The van der Waals surface area contributed by atoms with Crippen LogP contribution in [0.4, 0.5) is 0 Å². The number of thiophene rings is 1.